The van der Waals surface area contributed by atoms with E-state index in [0.717, 1.165) is 0 Å². The third-order valence-electron chi connectivity index (χ3n) is 3.10. The van der Waals surface area contributed by atoms with E-state index in [9.17, 15) is 0 Å². The Labute approximate surface area is 135 Å². The predicted octanol–water partition coefficient (Wildman–Crippen LogP) is 3.15. The zero-order valence-corrected chi connectivity index (χ0v) is 15.4. The van der Waals surface area contributed by atoms with Crippen LogP contribution >= 0.6 is 0 Å². The molecule has 4 atom stereocenters. The smallest absolute Gasteiger partial charge is 0.186 e. The SMILES string of the molecule is CC(C)OC1COC(OC(C)C)C(OC(C)C)C1OC(C)C. The number of rotatable bonds is 8. The van der Waals surface area contributed by atoms with E-state index in [1.54, 1.807) is 0 Å². The first-order chi connectivity index (χ1) is 10.2. The van der Waals surface area contributed by atoms with Crippen molar-refractivity contribution >= 4 is 0 Å². The first-order valence-corrected chi connectivity index (χ1v) is 8.44. The van der Waals surface area contributed by atoms with Crippen LogP contribution in [0.4, 0.5) is 0 Å². The average molecular weight is 318 g/mol. The van der Waals surface area contributed by atoms with Gasteiger partial charge in [0.25, 0.3) is 0 Å². The molecule has 1 aliphatic rings. The van der Waals surface area contributed by atoms with Crippen LogP contribution in [0.5, 0.6) is 0 Å². The fraction of sp³-hybridized carbons (Fsp3) is 1.00. The predicted molar refractivity (Wildman–Crippen MR) is 86.0 cm³/mol. The molecule has 132 valence electrons. The highest BCUT2D eigenvalue weighted by Gasteiger charge is 2.45. The van der Waals surface area contributed by atoms with Crippen molar-refractivity contribution in [1.82, 2.24) is 0 Å². The Morgan fingerprint density at radius 2 is 1.09 bits per heavy atom. The molecule has 5 heteroatoms. The summed E-state index contributed by atoms with van der Waals surface area (Å²) in [5.74, 6) is 0. The van der Waals surface area contributed by atoms with Gasteiger partial charge >= 0.3 is 0 Å². The Morgan fingerprint density at radius 1 is 0.636 bits per heavy atom. The minimum atomic E-state index is -0.432. The molecular formula is C17H34O5. The molecule has 0 aliphatic carbocycles. The molecular weight excluding hydrogens is 284 g/mol. The molecule has 1 aliphatic heterocycles. The van der Waals surface area contributed by atoms with Gasteiger partial charge in [-0.2, -0.15) is 0 Å². The summed E-state index contributed by atoms with van der Waals surface area (Å²) < 4.78 is 29.9. The molecule has 1 rings (SSSR count). The zero-order valence-electron chi connectivity index (χ0n) is 15.4. The minimum absolute atomic E-state index is 0.0583. The van der Waals surface area contributed by atoms with Crippen molar-refractivity contribution in [2.24, 2.45) is 0 Å². The molecule has 0 saturated carbocycles. The van der Waals surface area contributed by atoms with Crippen LogP contribution in [0.3, 0.4) is 0 Å². The van der Waals surface area contributed by atoms with Crippen molar-refractivity contribution in [1.29, 1.82) is 0 Å². The Balaban J connectivity index is 2.93. The van der Waals surface area contributed by atoms with E-state index in [1.807, 2.05) is 55.4 Å². The van der Waals surface area contributed by atoms with Crippen molar-refractivity contribution in [2.75, 3.05) is 6.61 Å². The van der Waals surface area contributed by atoms with Crippen LogP contribution in [0.1, 0.15) is 55.4 Å². The second kappa shape index (κ2) is 9.18. The van der Waals surface area contributed by atoms with Crippen molar-refractivity contribution < 1.29 is 23.7 Å². The maximum Gasteiger partial charge on any atom is 0.186 e. The Bertz CT molecular complexity index is 273. The van der Waals surface area contributed by atoms with E-state index < -0.39 is 6.29 Å². The Kier molecular flexibility index (Phi) is 8.28. The fourth-order valence-corrected chi connectivity index (χ4v) is 2.53. The Hall–Kier alpha value is -0.200. The van der Waals surface area contributed by atoms with Crippen molar-refractivity contribution in [3.63, 3.8) is 0 Å². The van der Waals surface area contributed by atoms with E-state index in [0.29, 0.717) is 6.61 Å². The summed E-state index contributed by atoms with van der Waals surface area (Å²) in [5, 5.41) is 0. The Morgan fingerprint density at radius 3 is 1.55 bits per heavy atom. The summed E-state index contributed by atoms with van der Waals surface area (Å²) in [6.07, 6.45) is -0.789. The van der Waals surface area contributed by atoms with Crippen LogP contribution in [-0.4, -0.2) is 55.6 Å². The summed E-state index contributed by atoms with van der Waals surface area (Å²) in [4.78, 5) is 0. The van der Waals surface area contributed by atoms with E-state index in [4.69, 9.17) is 23.7 Å². The summed E-state index contributed by atoms with van der Waals surface area (Å²) in [5.41, 5.74) is 0. The lowest BCUT2D eigenvalue weighted by Gasteiger charge is -2.44. The number of hydrogen-bond donors (Lipinski definition) is 0. The van der Waals surface area contributed by atoms with Crippen molar-refractivity contribution in [2.45, 2.75) is 104 Å². The van der Waals surface area contributed by atoms with Crippen LogP contribution in [-0.2, 0) is 23.7 Å². The highest BCUT2D eigenvalue weighted by atomic mass is 16.7. The largest absolute Gasteiger partial charge is 0.370 e. The summed E-state index contributed by atoms with van der Waals surface area (Å²) in [7, 11) is 0. The quantitative estimate of drug-likeness (QED) is 0.688. The molecule has 0 aromatic rings. The van der Waals surface area contributed by atoms with Gasteiger partial charge in [-0.1, -0.05) is 0 Å². The third-order valence-corrected chi connectivity index (χ3v) is 3.10. The average Bonchev–Trinajstić information content (AvgIpc) is 2.34. The number of hydrogen-bond acceptors (Lipinski definition) is 5. The van der Waals surface area contributed by atoms with Crippen LogP contribution in [0, 0.1) is 0 Å². The maximum absolute atomic E-state index is 6.12. The molecule has 4 unspecified atom stereocenters. The van der Waals surface area contributed by atoms with Gasteiger partial charge in [0.2, 0.25) is 0 Å². The molecule has 0 N–H and O–H groups in total. The lowest BCUT2D eigenvalue weighted by molar-refractivity contribution is -0.313. The van der Waals surface area contributed by atoms with Gasteiger partial charge < -0.3 is 23.7 Å². The molecule has 1 saturated heterocycles. The van der Waals surface area contributed by atoms with Crippen LogP contribution in [0.15, 0.2) is 0 Å². The monoisotopic (exact) mass is 318 g/mol. The topological polar surface area (TPSA) is 46.2 Å². The minimum Gasteiger partial charge on any atom is -0.370 e. The van der Waals surface area contributed by atoms with Gasteiger partial charge in [-0.3, -0.25) is 0 Å². The molecule has 0 amide bonds. The summed E-state index contributed by atoms with van der Waals surface area (Å²) in [6, 6.07) is 0. The lowest BCUT2D eigenvalue weighted by Crippen LogP contribution is -2.58. The first-order valence-electron chi connectivity index (χ1n) is 8.44. The van der Waals surface area contributed by atoms with Crippen molar-refractivity contribution in [3.05, 3.63) is 0 Å². The van der Waals surface area contributed by atoms with Crippen LogP contribution in [0.25, 0.3) is 0 Å². The van der Waals surface area contributed by atoms with Gasteiger partial charge in [-0.15, -0.1) is 0 Å². The van der Waals surface area contributed by atoms with Crippen LogP contribution < -0.4 is 0 Å². The molecule has 0 aromatic carbocycles. The molecule has 0 bridgehead atoms. The van der Waals surface area contributed by atoms with E-state index in [2.05, 4.69) is 0 Å². The molecule has 1 fully saturated rings. The van der Waals surface area contributed by atoms with Gasteiger partial charge in [0.15, 0.2) is 6.29 Å². The normalized spacial score (nSPS) is 30.0. The molecule has 0 radical (unpaired) electrons. The highest BCUT2D eigenvalue weighted by Crippen LogP contribution is 2.27. The summed E-state index contributed by atoms with van der Waals surface area (Å²) >= 11 is 0. The third kappa shape index (κ3) is 6.50. The van der Waals surface area contributed by atoms with E-state index >= 15 is 0 Å². The highest BCUT2D eigenvalue weighted by molar-refractivity contribution is 4.88. The number of ether oxygens (including phenoxy) is 5. The zero-order chi connectivity index (χ0) is 16.9. The second-order valence-electron chi connectivity index (χ2n) is 6.91. The van der Waals surface area contributed by atoms with Crippen molar-refractivity contribution in [3.8, 4) is 0 Å². The maximum atomic E-state index is 6.12. The fourth-order valence-electron chi connectivity index (χ4n) is 2.53. The van der Waals surface area contributed by atoms with E-state index in [-0.39, 0.29) is 42.7 Å². The van der Waals surface area contributed by atoms with Gasteiger partial charge in [-0.25, -0.2) is 0 Å². The molecule has 0 aromatic heterocycles. The molecule has 1 heterocycles. The first kappa shape index (κ1) is 19.8. The van der Waals surface area contributed by atoms with Gasteiger partial charge in [-0.05, 0) is 55.4 Å². The molecule has 0 spiro atoms. The molecule has 5 nitrogen and oxygen atoms in total. The van der Waals surface area contributed by atoms with Crippen LogP contribution in [0.2, 0.25) is 0 Å². The van der Waals surface area contributed by atoms with Gasteiger partial charge in [0, 0.05) is 0 Å². The standard InChI is InChI=1S/C17H34O5/c1-10(2)19-14-9-18-17(22-13(7)8)16(21-12(5)6)15(14)20-11(3)4/h10-17H,9H2,1-8H3. The lowest BCUT2D eigenvalue weighted by atomic mass is 10.0. The van der Waals surface area contributed by atoms with Gasteiger partial charge in [0.05, 0.1) is 31.0 Å². The summed E-state index contributed by atoms with van der Waals surface area (Å²) in [6.45, 7) is 16.5. The van der Waals surface area contributed by atoms with E-state index in [1.165, 1.54) is 0 Å². The van der Waals surface area contributed by atoms with Gasteiger partial charge in [0.1, 0.15) is 18.3 Å². The molecule has 22 heavy (non-hydrogen) atoms. The second-order valence-corrected chi connectivity index (χ2v) is 6.91.